The zero-order chi connectivity index (χ0) is 21.2. The Morgan fingerprint density at radius 1 is 1.10 bits per heavy atom. The molecule has 1 saturated heterocycles. The number of thiazole rings is 1. The topological polar surface area (TPSA) is 65.5 Å². The van der Waals surface area contributed by atoms with E-state index in [-0.39, 0.29) is 11.8 Å². The molecule has 3 heterocycles. The first kappa shape index (κ1) is 20.0. The van der Waals surface area contributed by atoms with Gasteiger partial charge >= 0.3 is 0 Å². The number of hydrogen-bond acceptors (Lipinski definition) is 5. The van der Waals surface area contributed by atoms with Crippen LogP contribution in [0.15, 0.2) is 42.5 Å². The molecular formula is C24H26N4O2S. The number of nitrogens with one attached hydrogen (secondary N) is 1. The van der Waals surface area contributed by atoms with Crippen LogP contribution in [-0.4, -0.2) is 47.9 Å². The number of nitrogens with zero attached hydrogens (tertiary/aromatic N) is 3. The summed E-state index contributed by atoms with van der Waals surface area (Å²) in [5.41, 5.74) is 4.38. The van der Waals surface area contributed by atoms with E-state index in [0.717, 1.165) is 60.8 Å². The van der Waals surface area contributed by atoms with Crippen LogP contribution in [0.2, 0.25) is 0 Å². The number of hydrogen-bond donors (Lipinski definition) is 1. The molecule has 1 fully saturated rings. The van der Waals surface area contributed by atoms with E-state index in [1.807, 2.05) is 23.1 Å². The van der Waals surface area contributed by atoms with Gasteiger partial charge in [-0.3, -0.25) is 9.59 Å². The monoisotopic (exact) mass is 434 g/mol. The number of anilines is 1. The first-order valence-corrected chi connectivity index (χ1v) is 11.8. The van der Waals surface area contributed by atoms with Crippen molar-refractivity contribution in [1.29, 1.82) is 0 Å². The SMILES string of the molecule is O=C(NCCCN1CCCC1=O)c1ccc2nc(N3CCc4ccccc4C3)sc2c1. The highest BCUT2D eigenvalue weighted by atomic mass is 32.1. The standard InChI is InChI=1S/C24H26N4O2S/c29-22-7-3-12-27(22)13-4-11-25-23(30)18-8-9-20-21(15-18)31-24(26-20)28-14-10-17-5-1-2-6-19(17)16-28/h1-2,5-6,8-9,15H,3-4,7,10-14,16H2,(H,25,30). The molecule has 3 aromatic rings. The molecule has 2 aliphatic heterocycles. The molecule has 1 aromatic heterocycles. The second kappa shape index (κ2) is 8.67. The number of fused-ring (bicyclic) bond motifs is 2. The molecule has 0 saturated carbocycles. The van der Waals surface area contributed by atoms with Crippen LogP contribution in [0, 0.1) is 0 Å². The van der Waals surface area contributed by atoms with E-state index in [4.69, 9.17) is 4.98 Å². The number of carbonyl (C=O) groups excluding carboxylic acids is 2. The third-order valence-corrected chi connectivity index (χ3v) is 7.18. The zero-order valence-corrected chi connectivity index (χ0v) is 18.3. The predicted octanol–water partition coefficient (Wildman–Crippen LogP) is 3.60. The number of rotatable bonds is 6. The van der Waals surface area contributed by atoms with Gasteiger partial charge in [-0.05, 0) is 48.6 Å². The smallest absolute Gasteiger partial charge is 0.251 e. The first-order chi connectivity index (χ1) is 15.2. The Balaban J connectivity index is 1.21. The minimum Gasteiger partial charge on any atom is -0.352 e. The quantitative estimate of drug-likeness (QED) is 0.602. The Labute approximate surface area is 185 Å². The molecule has 0 atom stereocenters. The summed E-state index contributed by atoms with van der Waals surface area (Å²) < 4.78 is 1.03. The third-order valence-electron chi connectivity index (χ3n) is 6.10. The van der Waals surface area contributed by atoms with Gasteiger partial charge in [0.15, 0.2) is 5.13 Å². The van der Waals surface area contributed by atoms with Gasteiger partial charge in [0.1, 0.15) is 0 Å². The lowest BCUT2D eigenvalue weighted by Gasteiger charge is -2.28. The molecule has 0 aliphatic carbocycles. The second-order valence-electron chi connectivity index (χ2n) is 8.21. The fourth-order valence-electron chi connectivity index (χ4n) is 4.36. The van der Waals surface area contributed by atoms with Crippen molar-refractivity contribution in [3.05, 3.63) is 59.2 Å². The van der Waals surface area contributed by atoms with Crippen LogP contribution in [0.1, 0.15) is 40.7 Å². The van der Waals surface area contributed by atoms with E-state index < -0.39 is 0 Å². The lowest BCUT2D eigenvalue weighted by atomic mass is 10.0. The number of carbonyl (C=O) groups is 2. The summed E-state index contributed by atoms with van der Waals surface area (Å²) in [5, 5.41) is 3.99. The van der Waals surface area contributed by atoms with E-state index in [1.54, 1.807) is 11.3 Å². The molecule has 5 rings (SSSR count). The Hall–Kier alpha value is -2.93. The van der Waals surface area contributed by atoms with Crippen LogP contribution >= 0.6 is 11.3 Å². The molecule has 2 aliphatic rings. The van der Waals surface area contributed by atoms with E-state index in [0.29, 0.717) is 18.5 Å². The van der Waals surface area contributed by atoms with Crippen LogP contribution in [0.4, 0.5) is 5.13 Å². The lowest BCUT2D eigenvalue weighted by Crippen LogP contribution is -2.30. The summed E-state index contributed by atoms with van der Waals surface area (Å²) in [6, 6.07) is 14.3. The third kappa shape index (κ3) is 4.28. The van der Waals surface area contributed by atoms with Gasteiger partial charge in [0.05, 0.1) is 10.2 Å². The van der Waals surface area contributed by atoms with Crippen LogP contribution in [-0.2, 0) is 17.8 Å². The molecule has 0 unspecified atom stereocenters. The van der Waals surface area contributed by atoms with Gasteiger partial charge in [-0.2, -0.15) is 0 Å². The van der Waals surface area contributed by atoms with Gasteiger partial charge in [-0.15, -0.1) is 0 Å². The van der Waals surface area contributed by atoms with Crippen molar-refractivity contribution in [1.82, 2.24) is 15.2 Å². The number of benzene rings is 2. The number of likely N-dealkylation sites (tertiary alicyclic amines) is 1. The average molecular weight is 435 g/mol. The highest BCUT2D eigenvalue weighted by Gasteiger charge is 2.20. The molecule has 0 bridgehead atoms. The fourth-order valence-corrected chi connectivity index (χ4v) is 5.39. The van der Waals surface area contributed by atoms with Gasteiger partial charge in [0.25, 0.3) is 5.91 Å². The molecule has 2 amide bonds. The molecule has 7 heteroatoms. The maximum absolute atomic E-state index is 12.6. The largest absolute Gasteiger partial charge is 0.352 e. The van der Waals surface area contributed by atoms with Crippen molar-refractivity contribution in [2.75, 3.05) is 31.1 Å². The van der Waals surface area contributed by atoms with E-state index in [9.17, 15) is 9.59 Å². The molecular weight excluding hydrogens is 408 g/mol. The summed E-state index contributed by atoms with van der Waals surface area (Å²) in [4.78, 5) is 33.3. The van der Waals surface area contributed by atoms with Gasteiger partial charge < -0.3 is 15.1 Å². The summed E-state index contributed by atoms with van der Waals surface area (Å²) in [7, 11) is 0. The average Bonchev–Trinajstić information content (AvgIpc) is 3.41. The Morgan fingerprint density at radius 3 is 2.81 bits per heavy atom. The first-order valence-electron chi connectivity index (χ1n) is 11.0. The zero-order valence-electron chi connectivity index (χ0n) is 17.5. The van der Waals surface area contributed by atoms with E-state index in [1.165, 1.54) is 11.1 Å². The van der Waals surface area contributed by atoms with E-state index in [2.05, 4.69) is 34.5 Å². The van der Waals surface area contributed by atoms with Crippen molar-refractivity contribution < 1.29 is 9.59 Å². The Morgan fingerprint density at radius 2 is 1.97 bits per heavy atom. The van der Waals surface area contributed by atoms with Crippen molar-refractivity contribution in [3.8, 4) is 0 Å². The predicted molar refractivity (Wildman–Crippen MR) is 124 cm³/mol. The highest BCUT2D eigenvalue weighted by molar-refractivity contribution is 7.22. The Kier molecular flexibility index (Phi) is 5.59. The van der Waals surface area contributed by atoms with E-state index >= 15 is 0 Å². The molecule has 1 N–H and O–H groups in total. The lowest BCUT2D eigenvalue weighted by molar-refractivity contribution is -0.127. The molecule has 160 valence electrons. The van der Waals surface area contributed by atoms with Gasteiger partial charge in [0, 0.05) is 44.7 Å². The maximum Gasteiger partial charge on any atom is 0.251 e. The highest BCUT2D eigenvalue weighted by Crippen LogP contribution is 2.32. The number of amides is 2. The molecule has 31 heavy (non-hydrogen) atoms. The minimum absolute atomic E-state index is 0.0727. The van der Waals surface area contributed by atoms with Crippen LogP contribution in [0.5, 0.6) is 0 Å². The summed E-state index contributed by atoms with van der Waals surface area (Å²) in [5.74, 6) is 0.159. The summed E-state index contributed by atoms with van der Waals surface area (Å²) >= 11 is 1.65. The molecule has 2 aromatic carbocycles. The second-order valence-corrected chi connectivity index (χ2v) is 9.22. The molecule has 0 spiro atoms. The van der Waals surface area contributed by atoms with Crippen molar-refractivity contribution in [2.24, 2.45) is 0 Å². The molecule has 6 nitrogen and oxygen atoms in total. The van der Waals surface area contributed by atoms with Crippen LogP contribution in [0.25, 0.3) is 10.2 Å². The molecule has 0 radical (unpaired) electrons. The van der Waals surface area contributed by atoms with Crippen molar-refractivity contribution in [2.45, 2.75) is 32.2 Å². The Bertz CT molecular complexity index is 1130. The summed E-state index contributed by atoms with van der Waals surface area (Å²) in [6.07, 6.45) is 3.42. The normalized spacial score (nSPS) is 16.1. The minimum atomic E-state index is -0.0727. The maximum atomic E-state index is 12.6. The van der Waals surface area contributed by atoms with Gasteiger partial charge in [-0.1, -0.05) is 35.6 Å². The van der Waals surface area contributed by atoms with Gasteiger partial charge in [0.2, 0.25) is 5.91 Å². The van der Waals surface area contributed by atoms with Crippen LogP contribution in [0.3, 0.4) is 0 Å². The van der Waals surface area contributed by atoms with Crippen molar-refractivity contribution in [3.63, 3.8) is 0 Å². The van der Waals surface area contributed by atoms with Crippen LogP contribution < -0.4 is 10.2 Å². The van der Waals surface area contributed by atoms with Crippen molar-refractivity contribution >= 4 is 38.5 Å². The summed E-state index contributed by atoms with van der Waals surface area (Å²) in [6.45, 7) is 3.98. The number of aromatic nitrogens is 1. The van der Waals surface area contributed by atoms with Gasteiger partial charge in [-0.25, -0.2) is 4.98 Å². The fraction of sp³-hybridized carbons (Fsp3) is 0.375.